The number of nitrogens with one attached hydrogen (secondary N) is 2. The van der Waals surface area contributed by atoms with Crippen molar-refractivity contribution in [2.75, 3.05) is 20.2 Å². The zero-order chi connectivity index (χ0) is 18.4. The van der Waals surface area contributed by atoms with Gasteiger partial charge in [0.1, 0.15) is 11.3 Å². The van der Waals surface area contributed by atoms with Crippen LogP contribution >= 0.6 is 0 Å². The van der Waals surface area contributed by atoms with Gasteiger partial charge in [0.2, 0.25) is 10.0 Å². The smallest absolute Gasteiger partial charge is 0.322 e. The summed E-state index contributed by atoms with van der Waals surface area (Å²) < 4.78 is 32.3. The first-order valence-corrected chi connectivity index (χ1v) is 9.20. The molecule has 3 rings (SSSR count). The predicted molar refractivity (Wildman–Crippen MR) is 88.4 cm³/mol. The quantitative estimate of drug-likeness (QED) is 0.613. The average Bonchev–Trinajstić information content (AvgIpc) is 3.11. The monoisotopic (exact) mass is 368 g/mol. The van der Waals surface area contributed by atoms with Crippen molar-refractivity contribution in [3.63, 3.8) is 0 Å². The fourth-order valence-corrected chi connectivity index (χ4v) is 4.63. The van der Waals surface area contributed by atoms with Crippen molar-refractivity contribution in [3.05, 3.63) is 23.8 Å². The third-order valence-corrected chi connectivity index (χ3v) is 6.44. The zero-order valence-electron chi connectivity index (χ0n) is 13.9. The van der Waals surface area contributed by atoms with Crippen LogP contribution in [0.4, 0.5) is 4.79 Å². The van der Waals surface area contributed by atoms with Crippen molar-refractivity contribution in [1.82, 2.24) is 14.9 Å². The van der Waals surface area contributed by atoms with Crippen molar-refractivity contribution in [1.29, 1.82) is 0 Å². The van der Waals surface area contributed by atoms with Crippen molar-refractivity contribution >= 4 is 22.0 Å². The van der Waals surface area contributed by atoms with E-state index in [0.29, 0.717) is 18.7 Å². The lowest BCUT2D eigenvalue weighted by Crippen LogP contribution is -2.41. The molecule has 0 saturated carbocycles. The Balaban J connectivity index is 2.07. The maximum absolute atomic E-state index is 12.8. The highest BCUT2D eigenvalue weighted by Crippen LogP contribution is 2.35. The second-order valence-electron chi connectivity index (χ2n) is 6.31. The molecule has 136 valence electrons. The summed E-state index contributed by atoms with van der Waals surface area (Å²) in [6.07, 6.45) is 0.596. The van der Waals surface area contributed by atoms with Gasteiger partial charge >= 0.3 is 6.03 Å². The number of hydrogen-bond donors (Lipinski definition) is 3. The second kappa shape index (κ2) is 5.97. The number of carbonyl (C=O) groups excluding carboxylic acids is 2. The topological polar surface area (TPSA) is 131 Å². The van der Waals surface area contributed by atoms with Crippen LogP contribution in [0.25, 0.3) is 0 Å². The van der Waals surface area contributed by atoms with Gasteiger partial charge in [-0.3, -0.25) is 10.1 Å². The molecule has 2 aliphatic heterocycles. The summed E-state index contributed by atoms with van der Waals surface area (Å²) in [7, 11) is -2.35. The summed E-state index contributed by atoms with van der Waals surface area (Å²) in [4.78, 5) is 23.8. The zero-order valence-corrected chi connectivity index (χ0v) is 14.7. The van der Waals surface area contributed by atoms with Gasteiger partial charge < -0.3 is 15.8 Å². The molecule has 1 unspecified atom stereocenters. The lowest BCUT2D eigenvalue weighted by atomic mass is 9.91. The third-order valence-electron chi connectivity index (χ3n) is 4.58. The lowest BCUT2D eigenvalue weighted by molar-refractivity contribution is -0.123. The highest BCUT2D eigenvalue weighted by molar-refractivity contribution is 7.89. The van der Waals surface area contributed by atoms with Crippen molar-refractivity contribution in [2.24, 2.45) is 5.73 Å². The van der Waals surface area contributed by atoms with Gasteiger partial charge in [-0.2, -0.15) is 4.31 Å². The molecule has 0 aromatic heterocycles. The summed E-state index contributed by atoms with van der Waals surface area (Å²) in [5.41, 5.74) is 4.65. The van der Waals surface area contributed by atoms with Gasteiger partial charge in [0.25, 0.3) is 5.91 Å². The molecule has 9 nitrogen and oxygen atoms in total. The molecule has 2 fully saturated rings. The number of benzene rings is 1. The lowest BCUT2D eigenvalue weighted by Gasteiger charge is -2.25. The van der Waals surface area contributed by atoms with Gasteiger partial charge in [-0.25, -0.2) is 13.2 Å². The third kappa shape index (κ3) is 2.86. The maximum Gasteiger partial charge on any atom is 0.322 e. The van der Waals surface area contributed by atoms with Crippen molar-refractivity contribution in [2.45, 2.75) is 29.8 Å². The number of hydrogen-bond acceptors (Lipinski definition) is 6. The van der Waals surface area contributed by atoms with Crippen LogP contribution in [0.15, 0.2) is 23.1 Å². The molecule has 2 atom stereocenters. The number of nitrogens with zero attached hydrogens (tertiary/aromatic N) is 1. The first-order chi connectivity index (χ1) is 11.7. The van der Waals surface area contributed by atoms with E-state index in [1.807, 2.05) is 0 Å². The number of sulfonamides is 1. The van der Waals surface area contributed by atoms with Crippen LogP contribution in [0, 0.1) is 0 Å². The Kier molecular flexibility index (Phi) is 4.21. The van der Waals surface area contributed by atoms with E-state index < -0.39 is 27.5 Å². The molecule has 2 aliphatic rings. The van der Waals surface area contributed by atoms with Gasteiger partial charge in [0.15, 0.2) is 0 Å². The van der Waals surface area contributed by atoms with Gasteiger partial charge in [-0.1, -0.05) is 0 Å². The molecule has 4 N–H and O–H groups in total. The normalized spacial score (nSPS) is 27.2. The number of rotatable bonds is 4. The van der Waals surface area contributed by atoms with E-state index in [-0.39, 0.29) is 23.0 Å². The summed E-state index contributed by atoms with van der Waals surface area (Å²) in [6.45, 7) is 2.09. The molecule has 2 heterocycles. The van der Waals surface area contributed by atoms with Crippen LogP contribution in [-0.2, 0) is 20.4 Å². The minimum Gasteiger partial charge on any atom is -0.496 e. The van der Waals surface area contributed by atoms with E-state index >= 15 is 0 Å². The van der Waals surface area contributed by atoms with Gasteiger partial charge in [0, 0.05) is 24.7 Å². The molecule has 25 heavy (non-hydrogen) atoms. The van der Waals surface area contributed by atoms with E-state index in [4.69, 9.17) is 10.5 Å². The Bertz CT molecular complexity index is 840. The van der Waals surface area contributed by atoms with E-state index in [1.165, 1.54) is 36.5 Å². The Hall–Kier alpha value is -2.17. The fraction of sp³-hybridized carbons (Fsp3) is 0.467. The molecule has 3 amide bonds. The molecule has 0 radical (unpaired) electrons. The maximum atomic E-state index is 12.8. The van der Waals surface area contributed by atoms with Gasteiger partial charge in [-0.05, 0) is 31.5 Å². The fourth-order valence-electron chi connectivity index (χ4n) is 3.09. The average molecular weight is 368 g/mol. The van der Waals surface area contributed by atoms with Gasteiger partial charge in [0.05, 0.1) is 12.0 Å². The Morgan fingerprint density at radius 2 is 2.08 bits per heavy atom. The molecule has 1 aromatic carbocycles. The van der Waals surface area contributed by atoms with E-state index in [1.54, 1.807) is 0 Å². The molecule has 1 aromatic rings. The summed E-state index contributed by atoms with van der Waals surface area (Å²) in [6, 6.07) is 3.42. The molecule has 2 saturated heterocycles. The van der Waals surface area contributed by atoms with E-state index in [0.717, 1.165) is 0 Å². The van der Waals surface area contributed by atoms with Gasteiger partial charge in [-0.15, -0.1) is 0 Å². The minimum absolute atomic E-state index is 0.0209. The molecule has 0 aliphatic carbocycles. The largest absolute Gasteiger partial charge is 0.496 e. The highest BCUT2D eigenvalue weighted by atomic mass is 32.2. The van der Waals surface area contributed by atoms with E-state index in [2.05, 4.69) is 10.6 Å². The van der Waals surface area contributed by atoms with Crippen molar-refractivity contribution in [3.8, 4) is 5.75 Å². The Morgan fingerprint density at radius 3 is 2.60 bits per heavy atom. The van der Waals surface area contributed by atoms with Crippen LogP contribution in [0.3, 0.4) is 0 Å². The number of amides is 3. The first-order valence-electron chi connectivity index (χ1n) is 7.76. The van der Waals surface area contributed by atoms with E-state index in [9.17, 15) is 18.0 Å². The second-order valence-corrected chi connectivity index (χ2v) is 8.25. The number of urea groups is 1. The predicted octanol–water partition coefficient (Wildman–Crippen LogP) is -0.528. The SMILES string of the molecule is COc1ccc(S(=O)(=O)N2CC[C@@H](N)C2)cc1C1(C)NC(=O)NC1=O. The number of methoxy groups -OCH3 is 1. The van der Waals surface area contributed by atoms with Crippen LogP contribution in [-0.4, -0.2) is 50.9 Å². The van der Waals surface area contributed by atoms with Crippen LogP contribution in [0.2, 0.25) is 0 Å². The minimum atomic E-state index is -3.75. The Labute approximate surface area is 145 Å². The number of ether oxygens (including phenoxy) is 1. The van der Waals surface area contributed by atoms with Crippen LogP contribution in [0.1, 0.15) is 18.9 Å². The standard InChI is InChI=1S/C15H20N4O5S/c1-15(13(20)17-14(21)18-15)11-7-10(3-4-12(11)24-2)25(22,23)19-6-5-9(16)8-19/h3-4,7,9H,5-6,8,16H2,1-2H3,(H2,17,18,20,21)/t9-,15?/m1/s1. The van der Waals surface area contributed by atoms with Crippen LogP contribution in [0.5, 0.6) is 5.75 Å². The molecular weight excluding hydrogens is 348 g/mol. The van der Waals surface area contributed by atoms with Crippen LogP contribution < -0.4 is 21.1 Å². The molecule has 0 spiro atoms. The number of carbonyl (C=O) groups is 2. The first kappa shape index (κ1) is 17.6. The highest BCUT2D eigenvalue weighted by Gasteiger charge is 2.46. The Morgan fingerprint density at radius 1 is 1.36 bits per heavy atom. The summed E-state index contributed by atoms with van der Waals surface area (Å²) in [5.74, 6) is -0.273. The number of nitrogens with two attached hydrogens (primary N) is 1. The molecule has 0 bridgehead atoms. The molecule has 10 heteroatoms. The number of imide groups is 1. The van der Waals surface area contributed by atoms with Crippen molar-refractivity contribution < 1.29 is 22.7 Å². The summed E-state index contributed by atoms with van der Waals surface area (Å²) in [5, 5.41) is 4.67. The summed E-state index contributed by atoms with van der Waals surface area (Å²) >= 11 is 0. The molecular formula is C15H20N4O5S.